The van der Waals surface area contributed by atoms with Crippen LogP contribution in [0.15, 0.2) is 30.3 Å². The number of Topliss-reactive ketones (excluding diaryl/α,β-unsaturated/α-hetero) is 1. The second-order valence-electron chi connectivity index (χ2n) is 9.56. The Hall–Kier alpha value is -1.68. The van der Waals surface area contributed by atoms with Gasteiger partial charge in [-0.3, -0.25) is 14.5 Å². The van der Waals surface area contributed by atoms with Crippen molar-refractivity contribution in [3.8, 4) is 0 Å². The van der Waals surface area contributed by atoms with Gasteiger partial charge >= 0.3 is 0 Å². The number of carbonyl (C=O) groups excluding carboxylic acids is 2. The van der Waals surface area contributed by atoms with Gasteiger partial charge < -0.3 is 4.90 Å². The number of rotatable bonds is 4. The fraction of sp³-hybridized carbons (Fsp3) is 0.652. The van der Waals surface area contributed by atoms with E-state index in [1.165, 1.54) is 19.3 Å². The van der Waals surface area contributed by atoms with Crippen molar-refractivity contribution < 1.29 is 9.59 Å². The van der Waals surface area contributed by atoms with Gasteiger partial charge in [-0.2, -0.15) is 0 Å². The number of benzene rings is 1. The lowest BCUT2D eigenvalue weighted by molar-refractivity contribution is -0.145. The summed E-state index contributed by atoms with van der Waals surface area (Å²) in [5, 5.41) is 0. The molecule has 1 amide bonds. The molecule has 5 aliphatic rings. The lowest BCUT2D eigenvalue weighted by Gasteiger charge is -2.56. The highest BCUT2D eigenvalue weighted by Gasteiger charge is 2.54. The van der Waals surface area contributed by atoms with Crippen LogP contribution in [0, 0.1) is 23.2 Å². The van der Waals surface area contributed by atoms with Crippen molar-refractivity contribution in [1.82, 2.24) is 9.80 Å². The molecular weight excluding hydrogens is 336 g/mol. The Kier molecular flexibility index (Phi) is 4.34. The fourth-order valence-corrected chi connectivity index (χ4v) is 6.70. The minimum absolute atomic E-state index is 0.00570. The van der Waals surface area contributed by atoms with Gasteiger partial charge in [-0.25, -0.2) is 0 Å². The molecule has 0 aromatic heterocycles. The molecule has 0 radical (unpaired) electrons. The van der Waals surface area contributed by atoms with Crippen molar-refractivity contribution in [3.63, 3.8) is 0 Å². The number of hydrogen-bond donors (Lipinski definition) is 0. The maximum absolute atomic E-state index is 13.3. The van der Waals surface area contributed by atoms with Crippen molar-refractivity contribution in [2.75, 3.05) is 32.7 Å². The van der Waals surface area contributed by atoms with Gasteiger partial charge in [0.25, 0.3) is 5.91 Å². The van der Waals surface area contributed by atoms with E-state index in [1.807, 2.05) is 35.2 Å². The molecule has 5 fully saturated rings. The van der Waals surface area contributed by atoms with Crippen LogP contribution in [0.5, 0.6) is 0 Å². The van der Waals surface area contributed by atoms with Crippen LogP contribution >= 0.6 is 0 Å². The number of hydrogen-bond acceptors (Lipinski definition) is 3. The molecule has 1 heterocycles. The Morgan fingerprint density at radius 3 is 1.96 bits per heavy atom. The fourth-order valence-electron chi connectivity index (χ4n) is 6.70. The van der Waals surface area contributed by atoms with E-state index in [2.05, 4.69) is 4.90 Å². The van der Waals surface area contributed by atoms with Crippen LogP contribution in [0.1, 0.15) is 48.9 Å². The van der Waals surface area contributed by atoms with E-state index in [9.17, 15) is 9.59 Å². The summed E-state index contributed by atoms with van der Waals surface area (Å²) >= 11 is 0. The molecule has 4 heteroatoms. The first-order valence-corrected chi connectivity index (χ1v) is 10.7. The molecule has 1 aliphatic heterocycles. The average Bonchev–Trinajstić information content (AvgIpc) is 2.68. The first kappa shape index (κ1) is 17.4. The van der Waals surface area contributed by atoms with Crippen molar-refractivity contribution >= 4 is 11.7 Å². The van der Waals surface area contributed by atoms with Crippen molar-refractivity contribution in [3.05, 3.63) is 35.9 Å². The van der Waals surface area contributed by atoms with Gasteiger partial charge in [0.15, 0.2) is 5.78 Å². The molecule has 4 saturated carbocycles. The van der Waals surface area contributed by atoms with E-state index in [4.69, 9.17) is 0 Å². The van der Waals surface area contributed by atoms with Gasteiger partial charge in [0.05, 0.1) is 6.54 Å². The second-order valence-corrected chi connectivity index (χ2v) is 9.56. The van der Waals surface area contributed by atoms with Gasteiger partial charge in [-0.15, -0.1) is 0 Å². The normalized spacial score (nSPS) is 35.4. The Morgan fingerprint density at radius 1 is 0.852 bits per heavy atom. The van der Waals surface area contributed by atoms with Gasteiger partial charge in [0.1, 0.15) is 0 Å². The number of carbonyl (C=O) groups is 2. The SMILES string of the molecule is O=C(c1ccccc1)N1CCN(CC(=O)C23CC4CC(CC(C4)C2)C3)CC1. The summed E-state index contributed by atoms with van der Waals surface area (Å²) in [6, 6.07) is 9.52. The molecule has 0 unspecified atom stereocenters. The van der Waals surface area contributed by atoms with Crippen molar-refractivity contribution in [2.24, 2.45) is 23.2 Å². The molecule has 1 aromatic rings. The molecule has 0 atom stereocenters. The second kappa shape index (κ2) is 6.73. The van der Waals surface area contributed by atoms with Gasteiger partial charge in [0, 0.05) is 37.2 Å². The minimum atomic E-state index is 0.00570. The molecular formula is C23H30N2O2. The Bertz CT molecular complexity index is 686. The largest absolute Gasteiger partial charge is 0.336 e. The molecule has 6 rings (SSSR count). The van der Waals surface area contributed by atoms with Crippen LogP contribution in [-0.2, 0) is 4.79 Å². The van der Waals surface area contributed by atoms with Crippen LogP contribution in [-0.4, -0.2) is 54.2 Å². The number of amides is 1. The Morgan fingerprint density at radius 2 is 1.41 bits per heavy atom. The van der Waals surface area contributed by atoms with Gasteiger partial charge in [-0.1, -0.05) is 18.2 Å². The number of nitrogens with zero attached hydrogens (tertiary/aromatic N) is 2. The molecule has 0 N–H and O–H groups in total. The first-order valence-electron chi connectivity index (χ1n) is 10.7. The van der Waals surface area contributed by atoms with Crippen LogP contribution in [0.25, 0.3) is 0 Å². The summed E-state index contributed by atoms with van der Waals surface area (Å²) in [5.74, 6) is 3.08. The molecule has 4 nitrogen and oxygen atoms in total. The van der Waals surface area contributed by atoms with Crippen LogP contribution in [0.3, 0.4) is 0 Å². The quantitative estimate of drug-likeness (QED) is 0.821. The monoisotopic (exact) mass is 366 g/mol. The molecule has 1 saturated heterocycles. The Labute approximate surface area is 161 Å². The van der Waals surface area contributed by atoms with E-state index < -0.39 is 0 Å². The summed E-state index contributed by atoms with van der Waals surface area (Å²) in [7, 11) is 0. The molecule has 1 aromatic carbocycles. The topological polar surface area (TPSA) is 40.6 Å². The van der Waals surface area contributed by atoms with Crippen molar-refractivity contribution in [2.45, 2.75) is 38.5 Å². The highest BCUT2D eigenvalue weighted by atomic mass is 16.2. The zero-order valence-corrected chi connectivity index (χ0v) is 16.1. The summed E-state index contributed by atoms with van der Waals surface area (Å²) in [6.45, 7) is 3.68. The molecule has 4 bridgehead atoms. The summed E-state index contributed by atoms with van der Waals surface area (Å²) in [6.07, 6.45) is 7.62. The zero-order valence-electron chi connectivity index (χ0n) is 16.1. The van der Waals surface area contributed by atoms with E-state index in [1.54, 1.807) is 0 Å². The summed E-state index contributed by atoms with van der Waals surface area (Å²) < 4.78 is 0. The molecule has 144 valence electrons. The first-order chi connectivity index (χ1) is 13.1. The smallest absolute Gasteiger partial charge is 0.253 e. The van der Waals surface area contributed by atoms with Gasteiger partial charge in [-0.05, 0) is 68.4 Å². The van der Waals surface area contributed by atoms with Crippen LogP contribution in [0.2, 0.25) is 0 Å². The third-order valence-corrected chi connectivity index (χ3v) is 7.68. The third-order valence-electron chi connectivity index (χ3n) is 7.68. The van der Waals surface area contributed by atoms with Crippen LogP contribution in [0.4, 0.5) is 0 Å². The Balaban J connectivity index is 1.18. The predicted octanol–water partition coefficient (Wildman–Crippen LogP) is 3.23. The number of piperazine rings is 1. The van der Waals surface area contributed by atoms with Crippen molar-refractivity contribution in [1.29, 1.82) is 0 Å². The standard InChI is InChI=1S/C23H30N2O2/c26-21(23-13-17-10-18(14-23)12-19(11-17)15-23)16-24-6-8-25(9-7-24)22(27)20-4-2-1-3-5-20/h1-5,17-19H,6-16H2. The van der Waals surface area contributed by atoms with Gasteiger partial charge in [0.2, 0.25) is 0 Å². The predicted molar refractivity (Wildman–Crippen MR) is 104 cm³/mol. The maximum Gasteiger partial charge on any atom is 0.253 e. The molecule has 27 heavy (non-hydrogen) atoms. The van der Waals surface area contributed by atoms with E-state index in [0.717, 1.165) is 68.8 Å². The third kappa shape index (κ3) is 3.22. The number of ketones is 1. The molecule has 0 spiro atoms. The highest BCUT2D eigenvalue weighted by Crippen LogP contribution is 2.60. The minimum Gasteiger partial charge on any atom is -0.336 e. The molecule has 4 aliphatic carbocycles. The zero-order chi connectivity index (χ0) is 18.4. The van der Waals surface area contributed by atoms with Crippen LogP contribution < -0.4 is 0 Å². The summed E-state index contributed by atoms with van der Waals surface area (Å²) in [5.41, 5.74) is 0.766. The summed E-state index contributed by atoms with van der Waals surface area (Å²) in [4.78, 5) is 30.1. The lowest BCUT2D eigenvalue weighted by Crippen LogP contribution is -2.55. The van der Waals surface area contributed by atoms with E-state index >= 15 is 0 Å². The highest BCUT2D eigenvalue weighted by molar-refractivity contribution is 5.94. The lowest BCUT2D eigenvalue weighted by atomic mass is 9.48. The average molecular weight is 367 g/mol. The maximum atomic E-state index is 13.3. The van der Waals surface area contributed by atoms with E-state index in [-0.39, 0.29) is 11.3 Å². The van der Waals surface area contributed by atoms with E-state index in [0.29, 0.717) is 12.3 Å².